The Kier molecular flexibility index (Phi) is 19.9. The molecule has 2 aromatic carbocycles. The van der Waals surface area contributed by atoms with Gasteiger partial charge in [0.15, 0.2) is 5.43 Å². The minimum Gasteiger partial charge on any atom is -0.496 e. The first-order valence-electron chi connectivity index (χ1n) is 19.5. The zero-order valence-corrected chi connectivity index (χ0v) is 35.5. The number of hydrogen-bond donors (Lipinski definition) is 3. The molecule has 1 aliphatic carbocycles. The molecule has 3 N–H and O–H groups in total. The number of H-pyrrole nitrogens is 1. The number of ether oxygens (including phenoxy) is 2. The van der Waals surface area contributed by atoms with E-state index in [0.29, 0.717) is 36.9 Å². The first-order valence-corrected chi connectivity index (χ1v) is 21.2. The zero-order valence-electron chi connectivity index (χ0n) is 33.9. The van der Waals surface area contributed by atoms with Crippen LogP contribution in [0.1, 0.15) is 96.7 Å². The van der Waals surface area contributed by atoms with Crippen molar-refractivity contribution >= 4 is 52.4 Å². The van der Waals surface area contributed by atoms with Gasteiger partial charge >= 0.3 is 0 Å². The fourth-order valence-corrected chi connectivity index (χ4v) is 7.24. The number of nitrogens with zero attached hydrogens (tertiary/aromatic N) is 2. The third kappa shape index (κ3) is 13.9. The largest absolute Gasteiger partial charge is 0.496 e. The van der Waals surface area contributed by atoms with E-state index in [1.807, 2.05) is 68.6 Å². The molecule has 0 radical (unpaired) electrons. The second-order valence-electron chi connectivity index (χ2n) is 13.5. The van der Waals surface area contributed by atoms with Crippen molar-refractivity contribution < 1.29 is 23.9 Å². The summed E-state index contributed by atoms with van der Waals surface area (Å²) in [4.78, 5) is 57.6. The number of pyridine rings is 1. The summed E-state index contributed by atoms with van der Waals surface area (Å²) in [5.41, 5.74) is 3.53. The van der Waals surface area contributed by atoms with Gasteiger partial charge in [0.2, 0.25) is 12.3 Å². The number of hydrogen-bond acceptors (Lipinski definition) is 9. The zero-order chi connectivity index (χ0) is 41.0. The molecular weight excluding hydrogens is 747 g/mol. The lowest BCUT2D eigenvalue weighted by molar-refractivity contribution is -0.147. The monoisotopic (exact) mass is 805 g/mol. The number of amides is 3. The second kappa shape index (κ2) is 24.2. The number of aromatic amines is 1. The number of allylic oxidation sites excluding steroid dienone is 1. The van der Waals surface area contributed by atoms with Crippen molar-refractivity contribution in [1.82, 2.24) is 24.9 Å². The smallest absolute Gasteiger partial charge is 0.252 e. The minimum atomic E-state index is -0.474. The van der Waals surface area contributed by atoms with Crippen molar-refractivity contribution in [2.45, 2.75) is 115 Å². The number of benzene rings is 2. The standard InChI is InChI=1S/C17H28N2O3.C17H18N2O2S.C7H7NOS.C2H6/c1-3-4-5-6-12-22-13(2)17(21)19-11-7-8-15(19)16(20)18-14-9-10-14;1-9(2)13-8-22-17(19-13)12-7-14(20)11-5-6-15(21-4)10(3)16(11)18-12;9-6-8-10-7-4-2-1-3-5-7;1-2/h3,13-15H,1,4-12H2,2H3,(H,18,20);5-9H,1-4H3,(H,18,20);1-6H,(H,8,9);1-2H3/t13-,15?;;;/m1.../s1. The lowest BCUT2D eigenvalue weighted by Crippen LogP contribution is -2.49. The molecule has 0 spiro atoms. The Bertz CT molecular complexity index is 1890. The Hall–Kier alpha value is -4.46. The molecule has 1 aliphatic heterocycles. The van der Waals surface area contributed by atoms with Gasteiger partial charge < -0.3 is 24.7 Å². The molecule has 3 amide bonds. The van der Waals surface area contributed by atoms with E-state index in [-0.39, 0.29) is 23.3 Å². The van der Waals surface area contributed by atoms with E-state index < -0.39 is 6.10 Å². The van der Waals surface area contributed by atoms with Crippen molar-refractivity contribution in [3.63, 3.8) is 0 Å². The number of rotatable bonds is 15. The summed E-state index contributed by atoms with van der Waals surface area (Å²) in [5, 5.41) is 6.55. The molecule has 1 saturated heterocycles. The Morgan fingerprint density at radius 1 is 1.11 bits per heavy atom. The number of likely N-dealkylation sites (tertiary alicyclic amines) is 1. The van der Waals surface area contributed by atoms with E-state index in [1.54, 1.807) is 42.4 Å². The summed E-state index contributed by atoms with van der Waals surface area (Å²) < 4.78 is 13.5. The number of aryl methyl sites for hydroxylation is 1. The summed E-state index contributed by atoms with van der Waals surface area (Å²) >= 11 is 2.85. The molecule has 304 valence electrons. The van der Waals surface area contributed by atoms with Crippen LogP contribution in [-0.2, 0) is 19.1 Å². The summed E-state index contributed by atoms with van der Waals surface area (Å²) in [6, 6.07) is 14.9. The molecule has 2 aromatic heterocycles. The fourth-order valence-electron chi connectivity index (χ4n) is 5.81. The van der Waals surface area contributed by atoms with E-state index in [9.17, 15) is 19.2 Å². The van der Waals surface area contributed by atoms with Crippen LogP contribution in [0, 0.1) is 6.92 Å². The van der Waals surface area contributed by atoms with Gasteiger partial charge in [0.1, 0.15) is 22.9 Å². The number of nitrogens with one attached hydrogen (secondary N) is 3. The molecule has 1 unspecified atom stereocenters. The van der Waals surface area contributed by atoms with Gasteiger partial charge in [-0.25, -0.2) is 4.98 Å². The van der Waals surface area contributed by atoms with Crippen LogP contribution in [0.2, 0.25) is 0 Å². The number of unbranched alkanes of at least 4 members (excludes halogenated alkanes) is 2. The van der Waals surface area contributed by atoms with Gasteiger partial charge in [0.25, 0.3) is 5.91 Å². The van der Waals surface area contributed by atoms with Gasteiger partial charge in [-0.2, -0.15) is 0 Å². The Balaban J connectivity index is 0.000000235. The third-order valence-electron chi connectivity index (χ3n) is 9.03. The first kappa shape index (κ1) is 45.9. The van der Waals surface area contributed by atoms with Crippen molar-refractivity contribution in [3.8, 4) is 16.5 Å². The van der Waals surface area contributed by atoms with Gasteiger partial charge in [-0.3, -0.25) is 23.9 Å². The van der Waals surface area contributed by atoms with Crippen LogP contribution in [0.5, 0.6) is 5.75 Å². The Labute approximate surface area is 340 Å². The molecule has 2 atom stereocenters. The molecule has 0 bridgehead atoms. The van der Waals surface area contributed by atoms with Crippen molar-refractivity contribution in [3.05, 3.63) is 88.0 Å². The highest BCUT2D eigenvalue weighted by molar-refractivity contribution is 7.97. The van der Waals surface area contributed by atoms with Crippen LogP contribution < -0.4 is 20.2 Å². The maximum Gasteiger partial charge on any atom is 0.252 e. The van der Waals surface area contributed by atoms with E-state index >= 15 is 0 Å². The molecule has 1 saturated carbocycles. The predicted octanol–water partition coefficient (Wildman–Crippen LogP) is 8.58. The average Bonchev–Trinajstić information content (AvgIpc) is 3.64. The van der Waals surface area contributed by atoms with Gasteiger partial charge in [-0.05, 0) is 101 Å². The lowest BCUT2D eigenvalue weighted by Gasteiger charge is -2.26. The molecule has 13 heteroatoms. The summed E-state index contributed by atoms with van der Waals surface area (Å²) in [7, 11) is 1.63. The fraction of sp³-hybridized carbons (Fsp3) is 0.465. The van der Waals surface area contributed by atoms with Crippen LogP contribution >= 0.6 is 23.3 Å². The molecule has 4 aromatic rings. The molecule has 3 heterocycles. The summed E-state index contributed by atoms with van der Waals surface area (Å²) in [6.07, 6.45) is 8.79. The van der Waals surface area contributed by atoms with Gasteiger partial charge in [0.05, 0.1) is 24.0 Å². The van der Waals surface area contributed by atoms with Crippen LogP contribution in [0.15, 0.2) is 76.3 Å². The summed E-state index contributed by atoms with van der Waals surface area (Å²) in [5.74, 6) is 1.09. The molecule has 2 fully saturated rings. The number of carbonyl (C=O) groups excluding carboxylic acids is 3. The van der Waals surface area contributed by atoms with E-state index in [2.05, 4.69) is 40.4 Å². The maximum atomic E-state index is 12.5. The van der Waals surface area contributed by atoms with Crippen molar-refractivity contribution in [1.29, 1.82) is 0 Å². The normalized spacial score (nSPS) is 14.9. The van der Waals surface area contributed by atoms with Gasteiger partial charge in [-0.15, -0.1) is 17.9 Å². The second-order valence-corrected chi connectivity index (χ2v) is 15.3. The van der Waals surface area contributed by atoms with E-state index in [0.717, 1.165) is 83.1 Å². The van der Waals surface area contributed by atoms with Crippen LogP contribution in [-0.4, -0.2) is 71.5 Å². The van der Waals surface area contributed by atoms with Gasteiger partial charge in [-0.1, -0.05) is 52.0 Å². The third-order valence-corrected chi connectivity index (χ3v) is 10.6. The topological polar surface area (TPSA) is 143 Å². The maximum absolute atomic E-state index is 12.5. The van der Waals surface area contributed by atoms with Crippen LogP contribution in [0.4, 0.5) is 0 Å². The minimum absolute atomic E-state index is 0.00389. The van der Waals surface area contributed by atoms with Crippen LogP contribution in [0.25, 0.3) is 21.6 Å². The summed E-state index contributed by atoms with van der Waals surface area (Å²) in [6.45, 7) is 16.9. The average molecular weight is 806 g/mol. The lowest BCUT2D eigenvalue weighted by atomic mass is 10.1. The number of fused-ring (bicyclic) bond motifs is 1. The number of aromatic nitrogens is 2. The van der Waals surface area contributed by atoms with Crippen molar-refractivity contribution in [2.75, 3.05) is 20.3 Å². The van der Waals surface area contributed by atoms with E-state index in [1.165, 1.54) is 11.9 Å². The molecule has 2 aliphatic rings. The highest BCUT2D eigenvalue weighted by Gasteiger charge is 2.38. The number of carbonyl (C=O) groups is 3. The highest BCUT2D eigenvalue weighted by atomic mass is 32.2. The quantitative estimate of drug-likeness (QED) is 0.0470. The van der Waals surface area contributed by atoms with Crippen LogP contribution in [0.3, 0.4) is 0 Å². The molecular formula is C43H59N5O6S2. The predicted molar refractivity (Wildman–Crippen MR) is 229 cm³/mol. The molecule has 6 rings (SSSR count). The van der Waals surface area contributed by atoms with Gasteiger partial charge in [0, 0.05) is 46.5 Å². The molecule has 56 heavy (non-hydrogen) atoms. The molecule has 11 nitrogen and oxygen atoms in total. The van der Waals surface area contributed by atoms with E-state index in [4.69, 9.17) is 9.47 Å². The first-order chi connectivity index (χ1) is 27.1. The number of methoxy groups -OCH3 is 1. The Morgan fingerprint density at radius 3 is 2.46 bits per heavy atom. The SMILES string of the molecule is C=CCCCCO[C@H](C)C(=O)N1CCCC1C(=O)NC1CC1.CC.COc1ccc2c(=O)cc(-c3nc(C(C)C)cs3)[nH]c2c1C.O=CNSc1ccccc1. The van der Waals surface area contributed by atoms with Crippen molar-refractivity contribution in [2.24, 2.45) is 0 Å². The Morgan fingerprint density at radius 2 is 1.84 bits per heavy atom. The number of thiazole rings is 1. The highest BCUT2D eigenvalue weighted by Crippen LogP contribution is 2.29.